The number of nitrogens with zero attached hydrogens (tertiary/aromatic N) is 2. The predicted octanol–water partition coefficient (Wildman–Crippen LogP) is 3.14. The number of hydrogen-bond acceptors (Lipinski definition) is 2. The molecule has 0 unspecified atom stereocenters. The molecule has 0 aromatic heterocycles. The van der Waals surface area contributed by atoms with Crippen LogP contribution in [0.4, 0.5) is 4.79 Å². The van der Waals surface area contributed by atoms with Crippen LogP contribution in [-0.2, 0) is 4.79 Å². The number of aryl methyl sites for hydroxylation is 2. The second-order valence-corrected chi connectivity index (χ2v) is 7.58. The fourth-order valence-corrected chi connectivity index (χ4v) is 3.66. The number of hydrogen-bond donors (Lipinski definition) is 1. The van der Waals surface area contributed by atoms with Gasteiger partial charge in [-0.05, 0) is 37.8 Å². The van der Waals surface area contributed by atoms with Crippen molar-refractivity contribution in [2.24, 2.45) is 5.92 Å². The van der Waals surface area contributed by atoms with Gasteiger partial charge in [-0.3, -0.25) is 9.69 Å². The van der Waals surface area contributed by atoms with Crippen molar-refractivity contribution in [1.29, 1.82) is 0 Å². The van der Waals surface area contributed by atoms with Crippen LogP contribution in [0.3, 0.4) is 0 Å². The Labute approximate surface area is 149 Å². The van der Waals surface area contributed by atoms with Gasteiger partial charge in [0.1, 0.15) is 0 Å². The maximum Gasteiger partial charge on any atom is 0.322 e. The normalized spacial score (nSPS) is 21.8. The summed E-state index contributed by atoms with van der Waals surface area (Å²) >= 11 is 0. The van der Waals surface area contributed by atoms with Crippen molar-refractivity contribution >= 4 is 11.9 Å². The summed E-state index contributed by atoms with van der Waals surface area (Å²) in [6, 6.07) is 5.73. The van der Waals surface area contributed by atoms with Crippen LogP contribution in [0.1, 0.15) is 43.5 Å². The lowest BCUT2D eigenvalue weighted by molar-refractivity contribution is -0.128. The summed E-state index contributed by atoms with van der Waals surface area (Å²) in [6.07, 6.45) is 0. The third kappa shape index (κ3) is 2.81. The molecule has 3 rings (SSSR count). The van der Waals surface area contributed by atoms with Crippen molar-refractivity contribution in [3.63, 3.8) is 0 Å². The molecule has 1 aromatic rings. The summed E-state index contributed by atoms with van der Waals surface area (Å²) in [6.45, 7) is 10.9. The monoisotopic (exact) mass is 341 g/mol. The zero-order chi connectivity index (χ0) is 18.5. The van der Waals surface area contributed by atoms with Crippen LogP contribution in [0, 0.1) is 19.8 Å². The molecule has 25 heavy (non-hydrogen) atoms. The summed E-state index contributed by atoms with van der Waals surface area (Å²) in [4.78, 5) is 29.1. The van der Waals surface area contributed by atoms with E-state index in [0.717, 1.165) is 16.8 Å². The Hall–Kier alpha value is -2.30. The van der Waals surface area contributed by atoms with E-state index in [0.29, 0.717) is 18.0 Å². The van der Waals surface area contributed by atoms with E-state index in [4.69, 9.17) is 0 Å². The van der Waals surface area contributed by atoms with Gasteiger partial charge in [0.15, 0.2) is 0 Å². The fraction of sp³-hybridized carbons (Fsp3) is 0.500. The average Bonchev–Trinajstić information content (AvgIpc) is 2.88. The standard InChI is InChI=1S/C20H27N3O2/c1-11(2)14(5)23-10-16-17(19(23)24)18(21-20(25)22(16)6)15-8-7-12(3)9-13(15)4/h7-9,11,14,18H,10H2,1-6H3,(H,21,25)/t14-,18-/m1/s1. The van der Waals surface area contributed by atoms with E-state index in [-0.39, 0.29) is 24.0 Å². The molecule has 2 aliphatic heterocycles. The second-order valence-electron chi connectivity index (χ2n) is 7.58. The first-order valence-corrected chi connectivity index (χ1v) is 8.87. The first kappa shape index (κ1) is 17.5. The summed E-state index contributed by atoms with van der Waals surface area (Å²) in [5.41, 5.74) is 4.78. The average molecular weight is 341 g/mol. The van der Waals surface area contributed by atoms with E-state index in [1.807, 2.05) is 30.9 Å². The minimum absolute atomic E-state index is 0.0352. The smallest absolute Gasteiger partial charge is 0.322 e. The molecule has 0 bridgehead atoms. The predicted molar refractivity (Wildman–Crippen MR) is 98.0 cm³/mol. The minimum atomic E-state index is -0.379. The van der Waals surface area contributed by atoms with Gasteiger partial charge in [-0.15, -0.1) is 0 Å². The summed E-state index contributed by atoms with van der Waals surface area (Å²) < 4.78 is 0. The summed E-state index contributed by atoms with van der Waals surface area (Å²) in [5, 5.41) is 3.01. The van der Waals surface area contributed by atoms with Gasteiger partial charge < -0.3 is 10.2 Å². The van der Waals surface area contributed by atoms with E-state index in [1.165, 1.54) is 5.56 Å². The fourth-order valence-electron chi connectivity index (χ4n) is 3.66. The molecule has 134 valence electrons. The van der Waals surface area contributed by atoms with Crippen LogP contribution in [0.2, 0.25) is 0 Å². The SMILES string of the molecule is Cc1ccc([C@H]2NC(=O)N(C)C3=C2C(=O)N([C@H](C)C(C)C)C3)c(C)c1. The van der Waals surface area contributed by atoms with Crippen molar-refractivity contribution in [2.45, 2.75) is 46.7 Å². The molecule has 2 heterocycles. The molecule has 0 saturated carbocycles. The molecule has 0 fully saturated rings. The van der Waals surface area contributed by atoms with Crippen LogP contribution < -0.4 is 5.32 Å². The van der Waals surface area contributed by atoms with Crippen LogP contribution in [-0.4, -0.2) is 41.4 Å². The lowest BCUT2D eigenvalue weighted by Crippen LogP contribution is -2.45. The number of rotatable bonds is 3. The minimum Gasteiger partial charge on any atom is -0.330 e. The number of carbonyl (C=O) groups excluding carboxylic acids is 2. The molecule has 2 atom stereocenters. The molecule has 0 spiro atoms. The van der Waals surface area contributed by atoms with Crippen molar-refractivity contribution in [3.8, 4) is 0 Å². The Morgan fingerprint density at radius 3 is 2.44 bits per heavy atom. The third-order valence-electron chi connectivity index (χ3n) is 5.58. The molecular formula is C20H27N3O2. The quantitative estimate of drug-likeness (QED) is 0.918. The van der Waals surface area contributed by atoms with Gasteiger partial charge in [0.05, 0.1) is 23.9 Å². The van der Waals surface area contributed by atoms with Gasteiger partial charge in [0.25, 0.3) is 5.91 Å². The topological polar surface area (TPSA) is 52.7 Å². The largest absolute Gasteiger partial charge is 0.330 e. The zero-order valence-corrected chi connectivity index (χ0v) is 15.9. The number of urea groups is 1. The van der Waals surface area contributed by atoms with E-state index in [2.05, 4.69) is 32.2 Å². The van der Waals surface area contributed by atoms with Gasteiger partial charge in [0.2, 0.25) is 0 Å². The van der Waals surface area contributed by atoms with Crippen LogP contribution in [0.5, 0.6) is 0 Å². The van der Waals surface area contributed by atoms with E-state index >= 15 is 0 Å². The first-order valence-electron chi connectivity index (χ1n) is 8.87. The number of nitrogens with one attached hydrogen (secondary N) is 1. The van der Waals surface area contributed by atoms with Crippen LogP contribution >= 0.6 is 0 Å². The highest BCUT2D eigenvalue weighted by atomic mass is 16.2. The van der Waals surface area contributed by atoms with Gasteiger partial charge in [-0.2, -0.15) is 0 Å². The number of benzene rings is 1. The Bertz CT molecular complexity index is 766. The van der Waals surface area contributed by atoms with Gasteiger partial charge >= 0.3 is 6.03 Å². The zero-order valence-electron chi connectivity index (χ0n) is 15.9. The molecule has 2 aliphatic rings. The number of carbonyl (C=O) groups is 2. The number of likely N-dealkylation sites (N-methyl/N-ethyl adjacent to an activating group) is 1. The molecule has 0 aliphatic carbocycles. The van der Waals surface area contributed by atoms with E-state index < -0.39 is 0 Å². The summed E-state index contributed by atoms with van der Waals surface area (Å²) in [5.74, 6) is 0.395. The first-order chi connectivity index (χ1) is 11.7. The maximum atomic E-state index is 13.2. The van der Waals surface area contributed by atoms with Gasteiger partial charge in [-0.25, -0.2) is 4.79 Å². The lowest BCUT2D eigenvalue weighted by Gasteiger charge is -2.31. The molecule has 3 amide bonds. The van der Waals surface area contributed by atoms with Crippen molar-refractivity contribution < 1.29 is 9.59 Å². The Kier molecular flexibility index (Phi) is 4.35. The van der Waals surface area contributed by atoms with Gasteiger partial charge in [-0.1, -0.05) is 37.6 Å². The molecule has 1 N–H and O–H groups in total. The molecule has 1 aromatic carbocycles. The highest BCUT2D eigenvalue weighted by Crippen LogP contribution is 2.38. The molecule has 0 radical (unpaired) electrons. The Morgan fingerprint density at radius 2 is 1.84 bits per heavy atom. The van der Waals surface area contributed by atoms with E-state index in [1.54, 1.807) is 11.9 Å². The summed E-state index contributed by atoms with van der Waals surface area (Å²) in [7, 11) is 1.74. The maximum absolute atomic E-state index is 13.2. The van der Waals surface area contributed by atoms with Crippen molar-refractivity contribution in [3.05, 3.63) is 46.2 Å². The second kappa shape index (κ2) is 6.21. The highest BCUT2D eigenvalue weighted by Gasteiger charge is 2.44. The lowest BCUT2D eigenvalue weighted by atomic mass is 9.91. The van der Waals surface area contributed by atoms with Crippen LogP contribution in [0.25, 0.3) is 0 Å². The molecule has 0 saturated heterocycles. The molecule has 5 heteroatoms. The molecular weight excluding hydrogens is 314 g/mol. The van der Waals surface area contributed by atoms with Gasteiger partial charge in [0, 0.05) is 13.1 Å². The van der Waals surface area contributed by atoms with Crippen molar-refractivity contribution in [1.82, 2.24) is 15.1 Å². The molecule has 5 nitrogen and oxygen atoms in total. The Morgan fingerprint density at radius 1 is 1.16 bits per heavy atom. The highest BCUT2D eigenvalue weighted by molar-refractivity contribution is 6.01. The van der Waals surface area contributed by atoms with Crippen LogP contribution in [0.15, 0.2) is 29.5 Å². The van der Waals surface area contributed by atoms with E-state index in [9.17, 15) is 9.59 Å². The van der Waals surface area contributed by atoms with Crippen molar-refractivity contribution in [2.75, 3.05) is 13.6 Å². The number of amides is 3. The third-order valence-corrected chi connectivity index (χ3v) is 5.58. The Balaban J connectivity index is 2.06.